The molecule has 0 unspecified atom stereocenters. The maximum absolute atomic E-state index is 11.8. The van der Waals surface area contributed by atoms with Crippen molar-refractivity contribution < 1.29 is 9.53 Å². The van der Waals surface area contributed by atoms with Gasteiger partial charge in [-0.2, -0.15) is 0 Å². The van der Waals surface area contributed by atoms with Crippen molar-refractivity contribution in [2.24, 2.45) is 5.73 Å². The molecule has 0 spiro atoms. The zero-order valence-corrected chi connectivity index (χ0v) is 12.2. The Balaban J connectivity index is 2.28. The number of carbonyl (C=O) groups excluding carboxylic acids is 1. The number of hydrogen-bond donors (Lipinski definition) is 1. The third kappa shape index (κ3) is 6.20. The molecule has 0 aliphatic heterocycles. The number of amides is 1. The Hall–Kier alpha value is -1.62. The lowest BCUT2D eigenvalue weighted by molar-refractivity contribution is -0.130. The summed E-state index contributed by atoms with van der Waals surface area (Å²) in [6.45, 7) is 2.93. The molecule has 0 fully saturated rings. The van der Waals surface area contributed by atoms with E-state index >= 15 is 0 Å². The van der Waals surface area contributed by atoms with Gasteiger partial charge in [-0.3, -0.25) is 4.79 Å². The summed E-state index contributed by atoms with van der Waals surface area (Å²) in [5.41, 5.74) is 6.54. The Kier molecular flexibility index (Phi) is 6.29. The molecule has 0 atom stereocenters. The minimum atomic E-state index is 0.0314. The van der Waals surface area contributed by atoms with Crippen LogP contribution in [0.25, 0.3) is 0 Å². The largest absolute Gasteiger partial charge is 0.493 e. The standard InChI is InChI=1S/C14H20N2O2S/c1-11-4-3-5-12(10-11)18-9-7-14(17)16(2)8-6-13(15)19/h3-5,10H,6-9H2,1-2H3,(H2,15,19). The van der Waals surface area contributed by atoms with Gasteiger partial charge in [0.25, 0.3) is 0 Å². The van der Waals surface area contributed by atoms with E-state index in [1.165, 1.54) is 0 Å². The number of nitrogens with zero attached hydrogens (tertiary/aromatic N) is 1. The van der Waals surface area contributed by atoms with Crippen LogP contribution < -0.4 is 10.5 Å². The van der Waals surface area contributed by atoms with Gasteiger partial charge < -0.3 is 15.4 Å². The first-order valence-corrected chi connectivity index (χ1v) is 6.61. The fourth-order valence-corrected chi connectivity index (χ4v) is 1.65. The van der Waals surface area contributed by atoms with E-state index in [4.69, 9.17) is 22.7 Å². The SMILES string of the molecule is Cc1cccc(OCCC(=O)N(C)CCC(N)=S)c1. The molecule has 1 rings (SSSR count). The maximum atomic E-state index is 11.8. The van der Waals surface area contributed by atoms with E-state index in [9.17, 15) is 4.79 Å². The van der Waals surface area contributed by atoms with Crippen LogP contribution in [0.2, 0.25) is 0 Å². The van der Waals surface area contributed by atoms with Crippen LogP contribution in [-0.2, 0) is 4.79 Å². The quantitative estimate of drug-likeness (QED) is 0.775. The molecule has 104 valence electrons. The Morgan fingerprint density at radius 3 is 2.79 bits per heavy atom. The van der Waals surface area contributed by atoms with E-state index in [0.717, 1.165) is 11.3 Å². The van der Waals surface area contributed by atoms with Crippen molar-refractivity contribution in [1.82, 2.24) is 4.90 Å². The molecule has 5 heteroatoms. The summed E-state index contributed by atoms with van der Waals surface area (Å²) >= 11 is 4.78. The molecular formula is C14H20N2O2S. The topological polar surface area (TPSA) is 55.6 Å². The molecule has 0 aliphatic carbocycles. The smallest absolute Gasteiger partial charge is 0.225 e. The predicted molar refractivity (Wildman–Crippen MR) is 80.3 cm³/mol. The van der Waals surface area contributed by atoms with Crippen LogP contribution in [0, 0.1) is 6.92 Å². The van der Waals surface area contributed by atoms with Gasteiger partial charge in [0.2, 0.25) is 5.91 Å². The zero-order valence-electron chi connectivity index (χ0n) is 11.4. The minimum Gasteiger partial charge on any atom is -0.493 e. The van der Waals surface area contributed by atoms with Crippen LogP contribution in [0.5, 0.6) is 5.75 Å². The van der Waals surface area contributed by atoms with Crippen LogP contribution >= 0.6 is 12.2 Å². The molecule has 19 heavy (non-hydrogen) atoms. The van der Waals surface area contributed by atoms with E-state index in [1.54, 1.807) is 11.9 Å². The average Bonchev–Trinajstić information content (AvgIpc) is 2.35. The minimum absolute atomic E-state index is 0.0314. The summed E-state index contributed by atoms with van der Waals surface area (Å²) < 4.78 is 5.54. The van der Waals surface area contributed by atoms with Crippen LogP contribution in [0.3, 0.4) is 0 Å². The van der Waals surface area contributed by atoms with Crippen molar-refractivity contribution in [3.05, 3.63) is 29.8 Å². The summed E-state index contributed by atoms with van der Waals surface area (Å²) in [7, 11) is 1.74. The lowest BCUT2D eigenvalue weighted by Crippen LogP contribution is -2.30. The second kappa shape index (κ2) is 7.74. The second-order valence-corrected chi connectivity index (χ2v) is 4.97. The van der Waals surface area contributed by atoms with Gasteiger partial charge in [-0.05, 0) is 24.6 Å². The molecule has 0 saturated carbocycles. The number of aryl methyl sites for hydroxylation is 1. The highest BCUT2D eigenvalue weighted by atomic mass is 32.1. The Bertz CT molecular complexity index is 449. The maximum Gasteiger partial charge on any atom is 0.225 e. The zero-order chi connectivity index (χ0) is 14.3. The van der Waals surface area contributed by atoms with Gasteiger partial charge in [-0.15, -0.1) is 0 Å². The van der Waals surface area contributed by atoms with Gasteiger partial charge in [-0.25, -0.2) is 0 Å². The predicted octanol–water partition coefficient (Wildman–Crippen LogP) is 1.90. The molecule has 4 nitrogen and oxygen atoms in total. The van der Waals surface area contributed by atoms with Crippen molar-refractivity contribution in [2.45, 2.75) is 19.8 Å². The number of nitrogens with two attached hydrogens (primary N) is 1. The Morgan fingerprint density at radius 2 is 2.16 bits per heavy atom. The normalized spacial score (nSPS) is 10.0. The summed E-state index contributed by atoms with van der Waals surface area (Å²) in [6, 6.07) is 7.76. The number of benzene rings is 1. The molecule has 1 aromatic rings. The first-order chi connectivity index (χ1) is 8.99. The highest BCUT2D eigenvalue weighted by molar-refractivity contribution is 7.80. The highest BCUT2D eigenvalue weighted by Crippen LogP contribution is 2.12. The number of ether oxygens (including phenoxy) is 1. The van der Waals surface area contributed by atoms with Crippen molar-refractivity contribution in [3.8, 4) is 5.75 Å². The fraction of sp³-hybridized carbons (Fsp3) is 0.429. The van der Waals surface area contributed by atoms with Gasteiger partial charge in [0.05, 0.1) is 18.0 Å². The molecular weight excluding hydrogens is 260 g/mol. The first kappa shape index (κ1) is 15.4. The Morgan fingerprint density at radius 1 is 1.42 bits per heavy atom. The number of rotatable bonds is 7. The molecule has 0 aromatic heterocycles. The molecule has 1 amide bonds. The lowest BCUT2D eigenvalue weighted by Gasteiger charge is -2.16. The van der Waals surface area contributed by atoms with Crippen LogP contribution in [0.15, 0.2) is 24.3 Å². The van der Waals surface area contributed by atoms with E-state index in [-0.39, 0.29) is 5.91 Å². The first-order valence-electron chi connectivity index (χ1n) is 6.21. The molecule has 0 aliphatic rings. The summed E-state index contributed by atoms with van der Waals surface area (Å²) in [6.07, 6.45) is 0.901. The van der Waals surface area contributed by atoms with Gasteiger partial charge in [-0.1, -0.05) is 24.4 Å². The van der Waals surface area contributed by atoms with Gasteiger partial charge >= 0.3 is 0 Å². The second-order valence-electron chi connectivity index (χ2n) is 4.45. The summed E-state index contributed by atoms with van der Waals surface area (Å²) in [5, 5.41) is 0. The number of carbonyl (C=O) groups is 1. The molecule has 0 radical (unpaired) electrons. The van der Waals surface area contributed by atoms with Crippen molar-refractivity contribution in [1.29, 1.82) is 0 Å². The average molecular weight is 280 g/mol. The molecule has 1 aromatic carbocycles. The van der Waals surface area contributed by atoms with Crippen LogP contribution in [0.1, 0.15) is 18.4 Å². The highest BCUT2D eigenvalue weighted by Gasteiger charge is 2.08. The fourth-order valence-electron chi connectivity index (χ4n) is 1.55. The van der Waals surface area contributed by atoms with E-state index in [2.05, 4.69) is 0 Å². The number of thiocarbonyl (C=S) groups is 1. The molecule has 0 heterocycles. The van der Waals surface area contributed by atoms with E-state index in [1.807, 2.05) is 31.2 Å². The van der Waals surface area contributed by atoms with Gasteiger partial charge in [0.1, 0.15) is 5.75 Å². The van der Waals surface area contributed by atoms with Gasteiger partial charge in [0, 0.05) is 20.0 Å². The summed E-state index contributed by atoms with van der Waals surface area (Å²) in [5.74, 6) is 0.822. The number of hydrogen-bond acceptors (Lipinski definition) is 3. The van der Waals surface area contributed by atoms with Crippen molar-refractivity contribution in [2.75, 3.05) is 20.2 Å². The lowest BCUT2D eigenvalue weighted by atomic mass is 10.2. The van der Waals surface area contributed by atoms with Gasteiger partial charge in [0.15, 0.2) is 0 Å². The van der Waals surface area contributed by atoms with E-state index < -0.39 is 0 Å². The van der Waals surface area contributed by atoms with Crippen molar-refractivity contribution in [3.63, 3.8) is 0 Å². The Labute approximate surface area is 119 Å². The van der Waals surface area contributed by atoms with Crippen LogP contribution in [0.4, 0.5) is 0 Å². The molecule has 0 bridgehead atoms. The summed E-state index contributed by atoms with van der Waals surface area (Å²) in [4.78, 5) is 13.8. The molecule has 2 N–H and O–H groups in total. The third-order valence-electron chi connectivity index (χ3n) is 2.69. The monoisotopic (exact) mass is 280 g/mol. The molecule has 0 saturated heterocycles. The van der Waals surface area contributed by atoms with Crippen molar-refractivity contribution >= 4 is 23.1 Å². The van der Waals surface area contributed by atoms with Crippen LogP contribution in [-0.4, -0.2) is 36.0 Å². The van der Waals surface area contributed by atoms with E-state index in [0.29, 0.717) is 31.0 Å². The third-order valence-corrected chi connectivity index (χ3v) is 2.90.